The first-order chi connectivity index (χ1) is 9.70. The second kappa shape index (κ2) is 7.39. The van der Waals surface area contributed by atoms with Crippen LogP contribution in [0.4, 0.5) is 4.39 Å². The van der Waals surface area contributed by atoms with E-state index in [-0.39, 0.29) is 17.7 Å². The lowest BCUT2D eigenvalue weighted by Gasteiger charge is -2.24. The summed E-state index contributed by atoms with van der Waals surface area (Å²) in [6, 6.07) is 6.16. The maximum absolute atomic E-state index is 13.0. The van der Waals surface area contributed by atoms with E-state index in [4.69, 9.17) is 4.74 Å². The average molecular weight is 279 g/mol. The van der Waals surface area contributed by atoms with Gasteiger partial charge in [0.2, 0.25) is 0 Å². The third-order valence-electron chi connectivity index (χ3n) is 4.08. The number of piperidine rings is 1. The molecule has 1 aromatic carbocycles. The summed E-state index contributed by atoms with van der Waals surface area (Å²) in [4.78, 5) is 11.9. The lowest BCUT2D eigenvalue weighted by Crippen LogP contribution is -2.28. The Kier molecular flexibility index (Phi) is 5.53. The van der Waals surface area contributed by atoms with Crippen molar-refractivity contribution in [1.29, 1.82) is 0 Å². The Hall–Kier alpha value is -1.42. The Morgan fingerprint density at radius 1 is 1.35 bits per heavy atom. The summed E-state index contributed by atoms with van der Waals surface area (Å²) in [6.07, 6.45) is 4.11. The third-order valence-corrected chi connectivity index (χ3v) is 4.08. The van der Waals surface area contributed by atoms with Gasteiger partial charge in [0.05, 0.1) is 13.0 Å². The van der Waals surface area contributed by atoms with Crippen molar-refractivity contribution < 1.29 is 13.9 Å². The fourth-order valence-electron chi connectivity index (χ4n) is 2.83. The van der Waals surface area contributed by atoms with Gasteiger partial charge in [-0.3, -0.25) is 4.79 Å². The first-order valence-electron chi connectivity index (χ1n) is 7.24. The largest absolute Gasteiger partial charge is 0.469 e. The van der Waals surface area contributed by atoms with Crippen LogP contribution >= 0.6 is 0 Å². The van der Waals surface area contributed by atoms with E-state index in [1.165, 1.54) is 19.2 Å². The number of ether oxygens (including phenoxy) is 1. The summed E-state index contributed by atoms with van der Waals surface area (Å²) in [5.74, 6) is -0.124. The lowest BCUT2D eigenvalue weighted by atomic mass is 9.86. The summed E-state index contributed by atoms with van der Waals surface area (Å²) in [5, 5.41) is 3.34. The van der Waals surface area contributed by atoms with Crippen LogP contribution in [-0.4, -0.2) is 26.2 Å². The number of halogens is 1. The summed E-state index contributed by atoms with van der Waals surface area (Å²) in [5.41, 5.74) is 0.840. The van der Waals surface area contributed by atoms with Gasteiger partial charge in [-0.1, -0.05) is 12.1 Å². The van der Waals surface area contributed by atoms with Crippen LogP contribution in [0.25, 0.3) is 0 Å². The predicted octanol–water partition coefficient (Wildman–Crippen LogP) is 2.86. The van der Waals surface area contributed by atoms with E-state index in [0.717, 1.165) is 44.3 Å². The summed E-state index contributed by atoms with van der Waals surface area (Å²) in [6.45, 7) is 2.12. The highest BCUT2D eigenvalue weighted by atomic mass is 19.1. The lowest BCUT2D eigenvalue weighted by molar-refractivity contribution is -0.142. The molecule has 0 radical (unpaired) electrons. The number of benzene rings is 1. The van der Waals surface area contributed by atoms with Gasteiger partial charge in [0, 0.05) is 0 Å². The van der Waals surface area contributed by atoms with E-state index >= 15 is 0 Å². The molecule has 1 fully saturated rings. The van der Waals surface area contributed by atoms with Gasteiger partial charge < -0.3 is 10.1 Å². The van der Waals surface area contributed by atoms with E-state index in [1.54, 1.807) is 12.1 Å². The highest BCUT2D eigenvalue weighted by Crippen LogP contribution is 2.28. The van der Waals surface area contributed by atoms with Crippen molar-refractivity contribution in [3.05, 3.63) is 35.6 Å². The van der Waals surface area contributed by atoms with Gasteiger partial charge in [-0.25, -0.2) is 4.39 Å². The van der Waals surface area contributed by atoms with E-state index in [9.17, 15) is 9.18 Å². The quantitative estimate of drug-likeness (QED) is 0.842. The summed E-state index contributed by atoms with van der Waals surface area (Å²) >= 11 is 0. The Morgan fingerprint density at radius 2 is 2.00 bits per heavy atom. The summed E-state index contributed by atoms with van der Waals surface area (Å²) < 4.78 is 17.9. The highest BCUT2D eigenvalue weighted by molar-refractivity contribution is 5.77. The fraction of sp³-hybridized carbons (Fsp3) is 0.562. The van der Waals surface area contributed by atoms with E-state index in [1.807, 2.05) is 0 Å². The monoisotopic (exact) mass is 279 g/mol. The van der Waals surface area contributed by atoms with Crippen LogP contribution in [0.3, 0.4) is 0 Å². The zero-order valence-electron chi connectivity index (χ0n) is 11.9. The zero-order valence-corrected chi connectivity index (χ0v) is 11.9. The van der Waals surface area contributed by atoms with Gasteiger partial charge in [0.15, 0.2) is 0 Å². The van der Waals surface area contributed by atoms with Crippen LogP contribution < -0.4 is 5.32 Å². The number of methoxy groups -OCH3 is 1. The number of carbonyl (C=O) groups excluding carboxylic acids is 1. The van der Waals surface area contributed by atoms with Crippen molar-refractivity contribution in [1.82, 2.24) is 5.32 Å². The minimum Gasteiger partial charge on any atom is -0.469 e. The standard InChI is InChI=1S/C16H22FNO2/c1-20-16(19)15(13-3-5-14(17)6-4-13)7-2-12-8-10-18-11-9-12/h3-6,12,15,18H,2,7-11H2,1H3. The molecule has 0 aromatic heterocycles. The van der Waals surface area contributed by atoms with Crippen LogP contribution in [0.2, 0.25) is 0 Å². The molecular weight excluding hydrogens is 257 g/mol. The van der Waals surface area contributed by atoms with Gasteiger partial charge in [-0.15, -0.1) is 0 Å². The van der Waals surface area contributed by atoms with Gasteiger partial charge >= 0.3 is 5.97 Å². The minimum atomic E-state index is -0.282. The molecule has 1 aromatic rings. The molecule has 2 rings (SSSR count). The molecule has 4 heteroatoms. The van der Waals surface area contributed by atoms with Gasteiger partial charge in [-0.05, 0) is 62.4 Å². The van der Waals surface area contributed by atoms with E-state index in [2.05, 4.69) is 5.32 Å². The molecule has 1 aliphatic rings. The molecule has 0 aliphatic carbocycles. The van der Waals surface area contributed by atoms with Crippen molar-refractivity contribution in [2.75, 3.05) is 20.2 Å². The number of hydrogen-bond acceptors (Lipinski definition) is 3. The van der Waals surface area contributed by atoms with Gasteiger partial charge in [-0.2, -0.15) is 0 Å². The maximum Gasteiger partial charge on any atom is 0.313 e. The third kappa shape index (κ3) is 4.04. The molecule has 1 heterocycles. The van der Waals surface area contributed by atoms with Gasteiger partial charge in [0.1, 0.15) is 5.82 Å². The van der Waals surface area contributed by atoms with E-state index < -0.39 is 0 Å². The van der Waals surface area contributed by atoms with Crippen molar-refractivity contribution in [3.8, 4) is 0 Å². The molecule has 20 heavy (non-hydrogen) atoms. The van der Waals surface area contributed by atoms with E-state index in [0.29, 0.717) is 5.92 Å². The first-order valence-corrected chi connectivity index (χ1v) is 7.24. The predicted molar refractivity (Wildman–Crippen MR) is 76.0 cm³/mol. The van der Waals surface area contributed by atoms with Gasteiger partial charge in [0.25, 0.3) is 0 Å². The van der Waals surface area contributed by atoms with Crippen LogP contribution in [0.1, 0.15) is 37.2 Å². The number of esters is 1. The van der Waals surface area contributed by atoms with Crippen molar-refractivity contribution in [2.45, 2.75) is 31.6 Å². The molecule has 3 nitrogen and oxygen atoms in total. The molecule has 1 aliphatic heterocycles. The Balaban J connectivity index is 1.99. The van der Waals surface area contributed by atoms with Crippen molar-refractivity contribution in [3.63, 3.8) is 0 Å². The minimum absolute atomic E-state index is 0.231. The number of hydrogen-bond donors (Lipinski definition) is 1. The number of rotatable bonds is 5. The van der Waals surface area contributed by atoms with Crippen molar-refractivity contribution >= 4 is 5.97 Å². The number of nitrogens with one attached hydrogen (secondary N) is 1. The smallest absolute Gasteiger partial charge is 0.313 e. The molecule has 0 bridgehead atoms. The zero-order chi connectivity index (χ0) is 14.4. The van der Waals surface area contributed by atoms with Crippen molar-refractivity contribution in [2.24, 2.45) is 5.92 Å². The second-order valence-electron chi connectivity index (χ2n) is 5.40. The maximum atomic E-state index is 13.0. The topological polar surface area (TPSA) is 38.3 Å². The van der Waals surface area contributed by atoms with Crippen LogP contribution in [0, 0.1) is 11.7 Å². The molecule has 0 amide bonds. The Bertz CT molecular complexity index is 427. The first kappa shape index (κ1) is 15.0. The van der Waals surface area contributed by atoms with Crippen LogP contribution in [0.15, 0.2) is 24.3 Å². The molecular formula is C16H22FNO2. The molecule has 1 N–H and O–H groups in total. The summed E-state index contributed by atoms with van der Waals surface area (Å²) in [7, 11) is 1.41. The molecule has 1 atom stereocenters. The SMILES string of the molecule is COC(=O)C(CCC1CCNCC1)c1ccc(F)cc1. The molecule has 1 unspecified atom stereocenters. The Labute approximate surface area is 119 Å². The second-order valence-corrected chi connectivity index (χ2v) is 5.40. The number of carbonyl (C=O) groups is 1. The van der Waals surface area contributed by atoms with Crippen LogP contribution in [-0.2, 0) is 9.53 Å². The highest BCUT2D eigenvalue weighted by Gasteiger charge is 2.23. The molecule has 110 valence electrons. The molecule has 1 saturated heterocycles. The molecule has 0 spiro atoms. The van der Waals surface area contributed by atoms with Crippen LogP contribution in [0.5, 0.6) is 0 Å². The average Bonchev–Trinajstić information content (AvgIpc) is 2.50. The Morgan fingerprint density at radius 3 is 2.60 bits per heavy atom. The normalized spacial score (nSPS) is 17.7. The fourth-order valence-corrected chi connectivity index (χ4v) is 2.83. The molecule has 0 saturated carbocycles.